The number of allylic oxidation sites excluding steroid dienone is 1. The molecule has 0 saturated carbocycles. The summed E-state index contributed by atoms with van der Waals surface area (Å²) in [4.78, 5) is 25.2. The predicted octanol–water partition coefficient (Wildman–Crippen LogP) is 3.32. The number of phenolic OH excluding ortho intramolecular Hbond substituents is 1. The second-order valence-corrected chi connectivity index (χ2v) is 7.72. The fourth-order valence-electron chi connectivity index (χ4n) is 3.05. The number of nitrogens with zero attached hydrogens (tertiary/aromatic N) is 4. The molecule has 0 bridgehead atoms. The average Bonchev–Trinajstić information content (AvgIpc) is 3.16. The van der Waals surface area contributed by atoms with Crippen LogP contribution in [-0.2, 0) is 11.3 Å². The topological polar surface area (TPSA) is 102 Å². The van der Waals surface area contributed by atoms with Gasteiger partial charge in [0.15, 0.2) is 5.16 Å². The molecule has 4 aromatic rings. The number of amides is 1. The zero-order valence-electron chi connectivity index (χ0n) is 15.6. The van der Waals surface area contributed by atoms with Gasteiger partial charge in [-0.2, -0.15) is 0 Å². The maximum atomic E-state index is 12.8. The number of fused-ring (bicyclic) bond motifs is 3. The first-order valence-electron chi connectivity index (χ1n) is 8.88. The fourth-order valence-corrected chi connectivity index (χ4v) is 3.96. The minimum Gasteiger partial charge on any atom is -0.506 e. The largest absolute Gasteiger partial charge is 0.506 e. The number of carbonyl (C=O) groups excluding carboxylic acids is 1. The van der Waals surface area contributed by atoms with Crippen molar-refractivity contribution in [2.24, 2.45) is 0 Å². The van der Waals surface area contributed by atoms with E-state index in [1.165, 1.54) is 22.8 Å². The first kappa shape index (κ1) is 20.0. The zero-order valence-corrected chi connectivity index (χ0v) is 17.2. The molecule has 0 fully saturated rings. The van der Waals surface area contributed by atoms with Crippen molar-refractivity contribution in [3.05, 3.63) is 70.5 Å². The monoisotopic (exact) mass is 441 g/mol. The van der Waals surface area contributed by atoms with Crippen LogP contribution in [0.4, 0.5) is 5.69 Å². The van der Waals surface area contributed by atoms with Gasteiger partial charge in [0.25, 0.3) is 5.56 Å². The van der Waals surface area contributed by atoms with Gasteiger partial charge in [-0.1, -0.05) is 41.6 Å². The number of para-hydroxylation sites is 1. The third-order valence-corrected chi connectivity index (χ3v) is 5.52. The first-order chi connectivity index (χ1) is 14.5. The summed E-state index contributed by atoms with van der Waals surface area (Å²) in [5.74, 6) is -0.0427. The van der Waals surface area contributed by atoms with Crippen LogP contribution in [0.5, 0.6) is 5.75 Å². The Morgan fingerprint density at radius 1 is 1.27 bits per heavy atom. The van der Waals surface area contributed by atoms with Crippen molar-refractivity contribution < 1.29 is 9.90 Å². The molecule has 0 radical (unpaired) electrons. The summed E-state index contributed by atoms with van der Waals surface area (Å²) in [6.07, 6.45) is 1.61. The molecule has 10 heteroatoms. The van der Waals surface area contributed by atoms with Gasteiger partial charge in [0, 0.05) is 11.6 Å². The zero-order chi connectivity index (χ0) is 21.3. The van der Waals surface area contributed by atoms with Gasteiger partial charge in [0.2, 0.25) is 11.7 Å². The number of hydrogen-bond donors (Lipinski definition) is 2. The third kappa shape index (κ3) is 3.64. The Bertz CT molecular complexity index is 1350. The van der Waals surface area contributed by atoms with E-state index in [0.717, 1.165) is 11.8 Å². The Morgan fingerprint density at radius 2 is 2.07 bits per heavy atom. The normalized spacial score (nSPS) is 11.1. The lowest BCUT2D eigenvalue weighted by Crippen LogP contribution is -2.22. The van der Waals surface area contributed by atoms with Crippen LogP contribution >= 0.6 is 23.4 Å². The molecule has 0 aliphatic rings. The summed E-state index contributed by atoms with van der Waals surface area (Å²) in [7, 11) is 0. The lowest BCUT2D eigenvalue weighted by molar-refractivity contribution is -0.113. The molecule has 0 atom stereocenters. The molecular formula is C20H16ClN5O3S. The summed E-state index contributed by atoms with van der Waals surface area (Å²) in [5, 5.41) is 22.2. The van der Waals surface area contributed by atoms with E-state index in [1.54, 1.807) is 28.7 Å². The molecule has 30 heavy (non-hydrogen) atoms. The van der Waals surface area contributed by atoms with E-state index in [0.29, 0.717) is 26.9 Å². The molecular weight excluding hydrogens is 426 g/mol. The first-order valence-corrected chi connectivity index (χ1v) is 10.2. The Kier molecular flexibility index (Phi) is 5.47. The molecule has 2 N–H and O–H groups in total. The van der Waals surface area contributed by atoms with Gasteiger partial charge in [-0.05, 0) is 30.3 Å². The maximum absolute atomic E-state index is 12.8. The number of rotatable bonds is 6. The SMILES string of the molecule is C=CCn1c(=O)c2ccccc2n2c(SCC(=O)Nc3cc(Cl)ccc3O)nnc12. The quantitative estimate of drug-likeness (QED) is 0.270. The molecule has 1 amide bonds. The minimum absolute atomic E-state index is 0.0155. The molecule has 0 unspecified atom stereocenters. The van der Waals surface area contributed by atoms with E-state index in [2.05, 4.69) is 22.1 Å². The fraction of sp³-hybridized carbons (Fsp3) is 0.100. The van der Waals surface area contributed by atoms with Gasteiger partial charge in [0.1, 0.15) is 5.75 Å². The molecule has 152 valence electrons. The van der Waals surface area contributed by atoms with E-state index in [-0.39, 0.29) is 35.2 Å². The van der Waals surface area contributed by atoms with Crippen LogP contribution in [0.15, 0.2) is 65.1 Å². The average molecular weight is 442 g/mol. The number of phenols is 1. The number of nitrogens with one attached hydrogen (secondary N) is 1. The highest BCUT2D eigenvalue weighted by molar-refractivity contribution is 7.99. The van der Waals surface area contributed by atoms with E-state index in [9.17, 15) is 14.7 Å². The minimum atomic E-state index is -0.349. The van der Waals surface area contributed by atoms with Crippen LogP contribution in [0.1, 0.15) is 0 Å². The van der Waals surface area contributed by atoms with Gasteiger partial charge in [0.05, 0.1) is 22.3 Å². The number of halogens is 1. The Morgan fingerprint density at radius 3 is 2.87 bits per heavy atom. The number of thioether (sulfide) groups is 1. The summed E-state index contributed by atoms with van der Waals surface area (Å²) in [5.41, 5.74) is 0.693. The van der Waals surface area contributed by atoms with Gasteiger partial charge >= 0.3 is 0 Å². The van der Waals surface area contributed by atoms with Crippen molar-refractivity contribution in [2.75, 3.05) is 11.1 Å². The van der Waals surface area contributed by atoms with Gasteiger partial charge in [-0.15, -0.1) is 16.8 Å². The number of anilines is 1. The standard InChI is InChI=1S/C20H16ClN5O3S/c1-2-9-25-18(29)13-5-3-4-6-15(13)26-19(25)23-24-20(26)30-11-17(28)22-14-10-12(21)7-8-16(14)27/h2-8,10,27H,1,9,11H2,(H,22,28). The molecule has 2 heterocycles. The molecule has 0 saturated heterocycles. The second-order valence-electron chi connectivity index (χ2n) is 6.34. The molecule has 8 nitrogen and oxygen atoms in total. The highest BCUT2D eigenvalue weighted by Gasteiger charge is 2.17. The smallest absolute Gasteiger partial charge is 0.263 e. The maximum Gasteiger partial charge on any atom is 0.263 e. The van der Waals surface area contributed by atoms with Crippen molar-refractivity contribution >= 4 is 51.6 Å². The van der Waals surface area contributed by atoms with E-state index in [4.69, 9.17) is 11.6 Å². The Balaban J connectivity index is 1.67. The van der Waals surface area contributed by atoms with Gasteiger partial charge in [-0.25, -0.2) is 0 Å². The van der Waals surface area contributed by atoms with Crippen molar-refractivity contribution in [1.82, 2.24) is 19.2 Å². The Labute approximate surface area is 179 Å². The number of hydrogen-bond acceptors (Lipinski definition) is 6. The highest BCUT2D eigenvalue weighted by atomic mass is 35.5. The summed E-state index contributed by atoms with van der Waals surface area (Å²) in [6, 6.07) is 11.5. The van der Waals surface area contributed by atoms with Crippen LogP contribution in [-0.4, -0.2) is 35.9 Å². The molecule has 0 aliphatic carbocycles. The van der Waals surface area contributed by atoms with Crippen molar-refractivity contribution in [2.45, 2.75) is 11.7 Å². The van der Waals surface area contributed by atoms with Crippen LogP contribution in [0, 0.1) is 0 Å². The van der Waals surface area contributed by atoms with Crippen molar-refractivity contribution in [1.29, 1.82) is 0 Å². The summed E-state index contributed by atoms with van der Waals surface area (Å²) < 4.78 is 3.23. The van der Waals surface area contributed by atoms with Gasteiger partial charge < -0.3 is 10.4 Å². The van der Waals surface area contributed by atoms with Crippen LogP contribution < -0.4 is 10.9 Å². The molecule has 2 aromatic carbocycles. The number of carbonyl (C=O) groups is 1. The van der Waals surface area contributed by atoms with E-state index in [1.807, 2.05) is 6.07 Å². The van der Waals surface area contributed by atoms with Crippen molar-refractivity contribution in [3.8, 4) is 5.75 Å². The summed E-state index contributed by atoms with van der Waals surface area (Å²) >= 11 is 7.07. The Hall–Kier alpha value is -3.30. The lowest BCUT2D eigenvalue weighted by atomic mass is 10.2. The van der Waals surface area contributed by atoms with Crippen molar-refractivity contribution in [3.63, 3.8) is 0 Å². The molecule has 0 aliphatic heterocycles. The van der Waals surface area contributed by atoms with Crippen LogP contribution in [0.25, 0.3) is 16.7 Å². The number of aromatic nitrogens is 4. The molecule has 4 rings (SSSR count). The second kappa shape index (κ2) is 8.21. The van der Waals surface area contributed by atoms with E-state index >= 15 is 0 Å². The third-order valence-electron chi connectivity index (χ3n) is 4.35. The highest BCUT2D eigenvalue weighted by Crippen LogP contribution is 2.27. The number of aromatic hydroxyl groups is 1. The predicted molar refractivity (Wildman–Crippen MR) is 117 cm³/mol. The van der Waals surface area contributed by atoms with Gasteiger partial charge in [-0.3, -0.25) is 18.6 Å². The molecule has 2 aromatic heterocycles. The van der Waals surface area contributed by atoms with Crippen LogP contribution in [0.2, 0.25) is 5.02 Å². The summed E-state index contributed by atoms with van der Waals surface area (Å²) in [6.45, 7) is 3.98. The van der Waals surface area contributed by atoms with Crippen LogP contribution in [0.3, 0.4) is 0 Å². The molecule has 0 spiro atoms. The number of benzene rings is 2. The van der Waals surface area contributed by atoms with E-state index < -0.39 is 0 Å². The lowest BCUT2D eigenvalue weighted by Gasteiger charge is -2.10.